The molecule has 0 unspecified atom stereocenters. The molecule has 106 valence electrons. The largest absolute Gasteiger partial charge is 0.486 e. The average Bonchev–Trinajstić information content (AvgIpc) is 3.30. The molecule has 0 saturated heterocycles. The van der Waals surface area contributed by atoms with Crippen LogP contribution < -0.4 is 4.74 Å². The minimum Gasteiger partial charge on any atom is -0.486 e. The van der Waals surface area contributed by atoms with E-state index in [0.717, 1.165) is 20.4 Å². The molecule has 2 aromatic heterocycles. The van der Waals surface area contributed by atoms with E-state index in [4.69, 9.17) is 4.74 Å². The first kappa shape index (κ1) is 13.1. The number of hydrogen-bond acceptors (Lipinski definition) is 2. The number of halogens is 1. The minimum absolute atomic E-state index is 0.593. The predicted molar refractivity (Wildman–Crippen MR) is 91.6 cm³/mol. The Morgan fingerprint density at radius 1 is 1.24 bits per heavy atom. The molecule has 1 N–H and O–H groups in total. The lowest BCUT2D eigenvalue weighted by Gasteiger charge is -2.12. The van der Waals surface area contributed by atoms with Crippen molar-refractivity contribution in [2.24, 2.45) is 0 Å². The lowest BCUT2D eigenvalue weighted by molar-refractivity contribution is 0.306. The van der Waals surface area contributed by atoms with Crippen molar-refractivity contribution in [3.8, 4) is 5.75 Å². The molecule has 1 aliphatic rings. The first-order valence-corrected chi connectivity index (χ1v) is 8.23. The number of benzene rings is 1. The zero-order chi connectivity index (χ0) is 14.2. The summed E-state index contributed by atoms with van der Waals surface area (Å²) in [6, 6.07) is 10.3. The van der Waals surface area contributed by atoms with Gasteiger partial charge in [0, 0.05) is 18.0 Å². The van der Waals surface area contributed by atoms with E-state index < -0.39 is 0 Å². The minimum atomic E-state index is 0.593. The Morgan fingerprint density at radius 3 is 2.81 bits per heavy atom. The van der Waals surface area contributed by atoms with Gasteiger partial charge in [0.05, 0.1) is 3.57 Å². The molecule has 0 bridgehead atoms. The maximum atomic E-state index is 6.18. The van der Waals surface area contributed by atoms with E-state index in [1.54, 1.807) is 0 Å². The smallest absolute Gasteiger partial charge is 0.150 e. The summed E-state index contributed by atoms with van der Waals surface area (Å²) in [6.07, 6.45) is 6.47. The van der Waals surface area contributed by atoms with Crippen molar-refractivity contribution in [3.05, 3.63) is 57.4 Å². The van der Waals surface area contributed by atoms with Crippen molar-refractivity contribution in [1.82, 2.24) is 9.97 Å². The van der Waals surface area contributed by atoms with Crippen molar-refractivity contribution in [2.45, 2.75) is 25.4 Å². The van der Waals surface area contributed by atoms with Gasteiger partial charge >= 0.3 is 0 Å². The molecule has 3 nitrogen and oxygen atoms in total. The Kier molecular flexibility index (Phi) is 3.33. The van der Waals surface area contributed by atoms with Crippen LogP contribution in [-0.4, -0.2) is 9.97 Å². The molecule has 1 fully saturated rings. The van der Waals surface area contributed by atoms with E-state index in [2.05, 4.69) is 44.7 Å². The molecule has 4 rings (SSSR count). The maximum absolute atomic E-state index is 6.18. The number of aromatic nitrogens is 2. The molecule has 4 heteroatoms. The van der Waals surface area contributed by atoms with E-state index in [1.807, 2.05) is 30.6 Å². The van der Waals surface area contributed by atoms with Gasteiger partial charge in [-0.15, -0.1) is 0 Å². The molecule has 2 heterocycles. The van der Waals surface area contributed by atoms with Crippen LogP contribution in [0.15, 0.2) is 42.7 Å². The van der Waals surface area contributed by atoms with Gasteiger partial charge in [-0.25, -0.2) is 0 Å². The van der Waals surface area contributed by atoms with Crippen LogP contribution in [0.1, 0.15) is 29.9 Å². The van der Waals surface area contributed by atoms with Crippen LogP contribution in [0.25, 0.3) is 11.0 Å². The van der Waals surface area contributed by atoms with Gasteiger partial charge in [-0.3, -0.25) is 4.98 Å². The van der Waals surface area contributed by atoms with Gasteiger partial charge in [-0.1, -0.05) is 30.3 Å². The highest BCUT2D eigenvalue weighted by atomic mass is 127. The van der Waals surface area contributed by atoms with E-state index in [9.17, 15) is 0 Å². The summed E-state index contributed by atoms with van der Waals surface area (Å²) < 4.78 is 7.31. The Morgan fingerprint density at radius 2 is 2.05 bits per heavy atom. The summed E-state index contributed by atoms with van der Waals surface area (Å²) in [5.41, 5.74) is 4.46. The van der Waals surface area contributed by atoms with Crippen molar-refractivity contribution >= 4 is 33.6 Å². The van der Waals surface area contributed by atoms with E-state index in [0.29, 0.717) is 12.5 Å². The molecule has 0 spiro atoms. The summed E-state index contributed by atoms with van der Waals surface area (Å²) in [5, 5.41) is 0. The van der Waals surface area contributed by atoms with Gasteiger partial charge in [-0.05, 0) is 46.9 Å². The molecule has 21 heavy (non-hydrogen) atoms. The van der Waals surface area contributed by atoms with Crippen LogP contribution in [-0.2, 0) is 6.61 Å². The molecule has 1 aliphatic carbocycles. The van der Waals surface area contributed by atoms with Crippen LogP contribution in [0.2, 0.25) is 0 Å². The summed E-state index contributed by atoms with van der Waals surface area (Å²) in [5.74, 6) is 1.60. The zero-order valence-electron chi connectivity index (χ0n) is 11.5. The molecule has 1 saturated carbocycles. The fraction of sp³-hybridized carbons (Fsp3) is 0.235. The second-order valence-corrected chi connectivity index (χ2v) is 6.61. The molecule has 0 amide bonds. The fourth-order valence-electron chi connectivity index (χ4n) is 2.60. The first-order valence-electron chi connectivity index (χ1n) is 7.15. The van der Waals surface area contributed by atoms with Crippen LogP contribution in [0.4, 0.5) is 0 Å². The van der Waals surface area contributed by atoms with Crippen LogP contribution >= 0.6 is 22.6 Å². The standard InChI is InChI=1S/C17H15IN2O/c18-14-9-20-16-15(14)19-8-13(12-6-7-12)17(16)21-10-11-4-2-1-3-5-11/h1-5,8-9,12,20H,6-7,10H2. The fourth-order valence-corrected chi connectivity index (χ4v) is 3.16. The van der Waals surface area contributed by atoms with E-state index in [1.165, 1.54) is 24.0 Å². The molecule has 0 aliphatic heterocycles. The molecule has 0 atom stereocenters. The molecule has 0 radical (unpaired) electrons. The van der Waals surface area contributed by atoms with Crippen molar-refractivity contribution in [2.75, 3.05) is 0 Å². The van der Waals surface area contributed by atoms with Crippen LogP contribution in [0.5, 0.6) is 5.75 Å². The maximum Gasteiger partial charge on any atom is 0.150 e. The Bertz CT molecular complexity index is 778. The second-order valence-electron chi connectivity index (χ2n) is 5.45. The predicted octanol–water partition coefficient (Wildman–Crippen LogP) is 4.62. The highest BCUT2D eigenvalue weighted by Crippen LogP contribution is 2.46. The van der Waals surface area contributed by atoms with Gasteiger partial charge in [-0.2, -0.15) is 0 Å². The lowest BCUT2D eigenvalue weighted by atomic mass is 10.1. The van der Waals surface area contributed by atoms with E-state index >= 15 is 0 Å². The van der Waals surface area contributed by atoms with E-state index in [-0.39, 0.29) is 0 Å². The number of aromatic amines is 1. The number of nitrogens with zero attached hydrogens (tertiary/aromatic N) is 1. The van der Waals surface area contributed by atoms with Crippen LogP contribution in [0.3, 0.4) is 0 Å². The number of ether oxygens (including phenoxy) is 1. The SMILES string of the molecule is Ic1c[nH]c2c(OCc3ccccc3)c(C3CC3)cnc12. The summed E-state index contributed by atoms with van der Waals surface area (Å²) in [7, 11) is 0. The first-order chi connectivity index (χ1) is 10.3. The van der Waals surface area contributed by atoms with Gasteiger partial charge < -0.3 is 9.72 Å². The molecular formula is C17H15IN2O. The highest BCUT2D eigenvalue weighted by Gasteiger charge is 2.29. The summed E-state index contributed by atoms with van der Waals surface area (Å²) in [4.78, 5) is 7.92. The average molecular weight is 390 g/mol. The van der Waals surface area contributed by atoms with Gasteiger partial charge in [0.1, 0.15) is 17.6 Å². The number of H-pyrrole nitrogens is 1. The van der Waals surface area contributed by atoms with Crippen molar-refractivity contribution < 1.29 is 4.74 Å². The third kappa shape index (κ3) is 2.52. The van der Waals surface area contributed by atoms with Crippen molar-refractivity contribution in [1.29, 1.82) is 0 Å². The third-order valence-electron chi connectivity index (χ3n) is 3.87. The van der Waals surface area contributed by atoms with Gasteiger partial charge in [0.15, 0.2) is 5.75 Å². The third-order valence-corrected chi connectivity index (χ3v) is 4.69. The van der Waals surface area contributed by atoms with Crippen molar-refractivity contribution in [3.63, 3.8) is 0 Å². The highest BCUT2D eigenvalue weighted by molar-refractivity contribution is 14.1. The molecular weight excluding hydrogens is 375 g/mol. The molecule has 1 aromatic carbocycles. The molecule has 3 aromatic rings. The lowest BCUT2D eigenvalue weighted by Crippen LogP contribution is -2.00. The Balaban J connectivity index is 1.72. The second kappa shape index (κ2) is 5.33. The number of nitrogens with one attached hydrogen (secondary N) is 1. The quantitative estimate of drug-likeness (QED) is 0.660. The number of pyridine rings is 1. The number of hydrogen-bond donors (Lipinski definition) is 1. The van der Waals surface area contributed by atoms with Gasteiger partial charge in [0.2, 0.25) is 0 Å². The monoisotopic (exact) mass is 390 g/mol. The summed E-state index contributed by atoms with van der Waals surface area (Å²) >= 11 is 2.31. The van der Waals surface area contributed by atoms with Gasteiger partial charge in [0.25, 0.3) is 0 Å². The Labute approximate surface area is 136 Å². The topological polar surface area (TPSA) is 37.9 Å². The zero-order valence-corrected chi connectivity index (χ0v) is 13.6. The Hall–Kier alpha value is -1.56. The number of fused-ring (bicyclic) bond motifs is 1. The van der Waals surface area contributed by atoms with Crippen LogP contribution in [0, 0.1) is 3.57 Å². The summed E-state index contributed by atoms with van der Waals surface area (Å²) in [6.45, 7) is 0.593. The number of rotatable bonds is 4. The normalized spacial score (nSPS) is 14.5.